The number of H-pyrrole nitrogens is 1. The predicted molar refractivity (Wildman–Crippen MR) is 98.0 cm³/mol. The standard InChI is InChI=1S/C18H19N5O4/c1-25-13-8-11(9-14(26-2)16(13)27-3)10-15(24)20-18-21-17(22-23-18)12-6-4-5-7-19-12/h4-9H,10H2,1-3H3,(H2,20,21,22,23,24). The van der Waals surface area contributed by atoms with Gasteiger partial charge in [-0.15, -0.1) is 10.2 Å². The molecule has 0 saturated heterocycles. The van der Waals surface area contributed by atoms with Gasteiger partial charge < -0.3 is 19.2 Å². The van der Waals surface area contributed by atoms with E-state index in [1.807, 2.05) is 6.07 Å². The first-order chi connectivity index (χ1) is 13.1. The van der Waals surface area contributed by atoms with Gasteiger partial charge in [0, 0.05) is 6.20 Å². The molecule has 140 valence electrons. The van der Waals surface area contributed by atoms with Crippen molar-refractivity contribution in [3.05, 3.63) is 42.1 Å². The molecule has 1 aromatic carbocycles. The van der Waals surface area contributed by atoms with E-state index in [0.717, 1.165) is 0 Å². The molecule has 2 N–H and O–H groups in total. The molecular formula is C18H19N5O4. The molecule has 0 bridgehead atoms. The highest BCUT2D eigenvalue weighted by Crippen LogP contribution is 2.38. The van der Waals surface area contributed by atoms with Crippen LogP contribution in [0.25, 0.3) is 11.5 Å². The zero-order chi connectivity index (χ0) is 19.2. The third kappa shape index (κ3) is 4.14. The summed E-state index contributed by atoms with van der Waals surface area (Å²) >= 11 is 0. The average Bonchev–Trinajstić information content (AvgIpc) is 3.16. The summed E-state index contributed by atoms with van der Waals surface area (Å²) in [5, 5.41) is 10.6. The Balaban J connectivity index is 1.72. The second-order valence-corrected chi connectivity index (χ2v) is 5.50. The lowest BCUT2D eigenvalue weighted by Gasteiger charge is -2.13. The number of hydrogen-bond acceptors (Lipinski definition) is 7. The number of carbonyl (C=O) groups excluding carboxylic acids is 1. The quantitative estimate of drug-likeness (QED) is 0.656. The van der Waals surface area contributed by atoms with E-state index in [2.05, 4.69) is 25.5 Å². The first-order valence-electron chi connectivity index (χ1n) is 8.07. The Hall–Kier alpha value is -3.62. The minimum Gasteiger partial charge on any atom is -0.493 e. The summed E-state index contributed by atoms with van der Waals surface area (Å²) in [6.45, 7) is 0. The molecule has 2 aromatic heterocycles. The molecule has 0 aliphatic carbocycles. The Morgan fingerprint density at radius 1 is 1.07 bits per heavy atom. The van der Waals surface area contributed by atoms with Crippen molar-refractivity contribution in [3.8, 4) is 28.8 Å². The maximum Gasteiger partial charge on any atom is 0.231 e. The van der Waals surface area contributed by atoms with E-state index in [1.54, 1.807) is 30.5 Å². The second kappa shape index (κ2) is 8.17. The first-order valence-corrected chi connectivity index (χ1v) is 8.07. The lowest BCUT2D eigenvalue weighted by atomic mass is 10.1. The molecule has 0 spiro atoms. The summed E-state index contributed by atoms with van der Waals surface area (Å²) in [5.41, 5.74) is 1.33. The normalized spacial score (nSPS) is 10.3. The number of methoxy groups -OCH3 is 3. The van der Waals surface area contributed by atoms with E-state index in [0.29, 0.717) is 34.3 Å². The molecule has 0 saturated carbocycles. The molecule has 0 aliphatic heterocycles. The average molecular weight is 369 g/mol. The number of nitrogens with zero attached hydrogens (tertiary/aromatic N) is 3. The van der Waals surface area contributed by atoms with Gasteiger partial charge in [0.05, 0.1) is 27.8 Å². The Morgan fingerprint density at radius 3 is 2.41 bits per heavy atom. The summed E-state index contributed by atoms with van der Waals surface area (Å²) in [6.07, 6.45) is 1.75. The fourth-order valence-electron chi connectivity index (χ4n) is 2.54. The largest absolute Gasteiger partial charge is 0.493 e. The lowest BCUT2D eigenvalue weighted by molar-refractivity contribution is -0.115. The third-order valence-corrected chi connectivity index (χ3v) is 3.74. The molecule has 3 aromatic rings. The van der Waals surface area contributed by atoms with Gasteiger partial charge in [-0.3, -0.25) is 15.1 Å². The van der Waals surface area contributed by atoms with Gasteiger partial charge in [0.15, 0.2) is 17.3 Å². The molecule has 0 atom stereocenters. The molecule has 27 heavy (non-hydrogen) atoms. The molecule has 0 fully saturated rings. The fourth-order valence-corrected chi connectivity index (χ4v) is 2.54. The van der Waals surface area contributed by atoms with Crippen molar-refractivity contribution in [3.63, 3.8) is 0 Å². The zero-order valence-electron chi connectivity index (χ0n) is 15.1. The number of benzene rings is 1. The number of nitrogens with one attached hydrogen (secondary N) is 2. The van der Waals surface area contributed by atoms with Crippen LogP contribution in [-0.4, -0.2) is 47.4 Å². The number of ether oxygens (including phenoxy) is 3. The first kappa shape index (κ1) is 18.2. The SMILES string of the molecule is COc1cc(CC(=O)Nc2nnc(-c3ccccn3)[nH]2)cc(OC)c1OC. The van der Waals surface area contributed by atoms with Gasteiger partial charge in [0.25, 0.3) is 0 Å². The van der Waals surface area contributed by atoms with E-state index in [-0.39, 0.29) is 18.3 Å². The Morgan fingerprint density at radius 2 is 1.81 bits per heavy atom. The fraction of sp³-hybridized carbons (Fsp3) is 0.222. The van der Waals surface area contributed by atoms with Crippen LogP contribution >= 0.6 is 0 Å². The Labute approximate surface area is 155 Å². The van der Waals surface area contributed by atoms with Crippen LogP contribution in [0.5, 0.6) is 17.2 Å². The summed E-state index contributed by atoms with van der Waals surface area (Å²) in [5.74, 6) is 1.88. The number of rotatable bonds is 7. The second-order valence-electron chi connectivity index (χ2n) is 5.50. The van der Waals surface area contributed by atoms with Gasteiger partial charge in [-0.2, -0.15) is 0 Å². The van der Waals surface area contributed by atoms with Crippen LogP contribution in [0.4, 0.5) is 5.95 Å². The maximum absolute atomic E-state index is 12.4. The maximum atomic E-state index is 12.4. The minimum absolute atomic E-state index is 0.0936. The zero-order valence-corrected chi connectivity index (χ0v) is 15.1. The van der Waals surface area contributed by atoms with Crippen LogP contribution in [0.3, 0.4) is 0 Å². The highest BCUT2D eigenvalue weighted by atomic mass is 16.5. The smallest absolute Gasteiger partial charge is 0.231 e. The van der Waals surface area contributed by atoms with Crippen LogP contribution in [0.1, 0.15) is 5.56 Å². The predicted octanol–water partition coefficient (Wildman–Crippen LogP) is 2.07. The van der Waals surface area contributed by atoms with Crippen LogP contribution in [0.15, 0.2) is 36.5 Å². The molecule has 1 amide bonds. The topological polar surface area (TPSA) is 111 Å². The van der Waals surface area contributed by atoms with Gasteiger partial charge in [0.1, 0.15) is 5.69 Å². The number of carbonyl (C=O) groups is 1. The van der Waals surface area contributed by atoms with Gasteiger partial charge in [-0.05, 0) is 29.8 Å². The summed E-state index contributed by atoms with van der Waals surface area (Å²) in [4.78, 5) is 19.5. The molecule has 9 nitrogen and oxygen atoms in total. The van der Waals surface area contributed by atoms with Crippen molar-refractivity contribution in [2.75, 3.05) is 26.6 Å². The summed E-state index contributed by atoms with van der Waals surface area (Å²) in [6, 6.07) is 8.89. The minimum atomic E-state index is -0.270. The highest BCUT2D eigenvalue weighted by Gasteiger charge is 2.16. The number of amides is 1. The molecule has 0 aliphatic rings. The molecule has 9 heteroatoms. The highest BCUT2D eigenvalue weighted by molar-refractivity contribution is 5.91. The van der Waals surface area contributed by atoms with Gasteiger partial charge >= 0.3 is 0 Å². The third-order valence-electron chi connectivity index (χ3n) is 3.74. The van der Waals surface area contributed by atoms with Gasteiger partial charge in [0.2, 0.25) is 17.6 Å². The molecule has 0 unspecified atom stereocenters. The summed E-state index contributed by atoms with van der Waals surface area (Å²) < 4.78 is 15.9. The molecule has 3 rings (SSSR count). The van der Waals surface area contributed by atoms with Crippen LogP contribution in [0, 0.1) is 0 Å². The Bertz CT molecular complexity index is 902. The van der Waals surface area contributed by atoms with Gasteiger partial charge in [-0.1, -0.05) is 6.07 Å². The van der Waals surface area contributed by atoms with Crippen molar-refractivity contribution in [1.82, 2.24) is 20.2 Å². The van der Waals surface area contributed by atoms with Crippen LogP contribution in [0.2, 0.25) is 0 Å². The van der Waals surface area contributed by atoms with Crippen molar-refractivity contribution in [2.45, 2.75) is 6.42 Å². The van der Waals surface area contributed by atoms with E-state index >= 15 is 0 Å². The van der Waals surface area contributed by atoms with E-state index < -0.39 is 0 Å². The molecule has 2 heterocycles. The van der Waals surface area contributed by atoms with E-state index in [1.165, 1.54) is 21.3 Å². The number of anilines is 1. The van der Waals surface area contributed by atoms with Gasteiger partial charge in [-0.25, -0.2) is 0 Å². The van der Waals surface area contributed by atoms with E-state index in [9.17, 15) is 4.79 Å². The monoisotopic (exact) mass is 369 g/mol. The summed E-state index contributed by atoms with van der Waals surface area (Å²) in [7, 11) is 4.57. The van der Waals surface area contributed by atoms with Crippen molar-refractivity contribution >= 4 is 11.9 Å². The van der Waals surface area contributed by atoms with Crippen LogP contribution in [-0.2, 0) is 11.2 Å². The lowest BCUT2D eigenvalue weighted by Crippen LogP contribution is -2.15. The number of pyridine rings is 1. The number of aromatic nitrogens is 4. The van der Waals surface area contributed by atoms with E-state index in [4.69, 9.17) is 14.2 Å². The van der Waals surface area contributed by atoms with Crippen LogP contribution < -0.4 is 19.5 Å². The number of aromatic amines is 1. The Kier molecular flexibility index (Phi) is 5.50. The number of hydrogen-bond donors (Lipinski definition) is 2. The van der Waals surface area contributed by atoms with Crippen molar-refractivity contribution in [2.24, 2.45) is 0 Å². The molecule has 0 radical (unpaired) electrons. The van der Waals surface area contributed by atoms with Crippen molar-refractivity contribution < 1.29 is 19.0 Å². The molecular weight excluding hydrogens is 350 g/mol. The van der Waals surface area contributed by atoms with Crippen molar-refractivity contribution in [1.29, 1.82) is 0 Å².